The Labute approximate surface area is 110 Å². The molecule has 0 aliphatic carbocycles. The summed E-state index contributed by atoms with van der Waals surface area (Å²) in [6, 6.07) is 7.86. The molecule has 0 heterocycles. The summed E-state index contributed by atoms with van der Waals surface area (Å²) in [6.07, 6.45) is 0.0328. The zero-order chi connectivity index (χ0) is 14.3. The van der Waals surface area contributed by atoms with Crippen molar-refractivity contribution in [2.75, 3.05) is 0 Å². The molecule has 1 atom stereocenters. The number of rotatable bonds is 6. The van der Waals surface area contributed by atoms with E-state index in [0.29, 0.717) is 0 Å². The summed E-state index contributed by atoms with van der Waals surface area (Å²) in [5.41, 5.74) is 11.1. The normalized spacial score (nSPS) is 11.6. The van der Waals surface area contributed by atoms with Gasteiger partial charge < -0.3 is 16.2 Å². The topological polar surface area (TPSA) is 112 Å². The first-order valence-electron chi connectivity index (χ1n) is 5.81. The van der Waals surface area contributed by atoms with E-state index in [1.807, 2.05) is 6.07 Å². The second kappa shape index (κ2) is 7.27. The Kier molecular flexibility index (Phi) is 5.69. The van der Waals surface area contributed by atoms with Gasteiger partial charge in [-0.15, -0.1) is 0 Å². The number of ether oxygens (including phenoxy) is 1. The van der Waals surface area contributed by atoms with E-state index in [-0.39, 0.29) is 19.3 Å². The minimum atomic E-state index is -1.02. The Hall–Kier alpha value is -2.21. The van der Waals surface area contributed by atoms with Crippen LogP contribution in [0, 0.1) is 0 Å². The van der Waals surface area contributed by atoms with Crippen molar-refractivity contribution in [2.24, 2.45) is 11.5 Å². The fourth-order valence-corrected chi connectivity index (χ4v) is 1.40. The predicted molar refractivity (Wildman–Crippen MR) is 67.6 cm³/mol. The van der Waals surface area contributed by atoms with E-state index in [1.54, 1.807) is 24.3 Å². The third-order valence-electron chi connectivity index (χ3n) is 2.41. The molecule has 6 nitrogen and oxygen atoms in total. The molecule has 0 radical (unpaired) electrons. The van der Waals surface area contributed by atoms with Crippen LogP contribution in [-0.4, -0.2) is 23.9 Å². The molecule has 0 fully saturated rings. The smallest absolute Gasteiger partial charge is 0.330 e. The molecule has 19 heavy (non-hydrogen) atoms. The molecule has 0 saturated carbocycles. The average molecular weight is 264 g/mol. The van der Waals surface area contributed by atoms with Gasteiger partial charge >= 0.3 is 11.9 Å². The van der Waals surface area contributed by atoms with Crippen LogP contribution < -0.4 is 11.5 Å². The van der Waals surface area contributed by atoms with Crippen molar-refractivity contribution in [3.8, 4) is 0 Å². The molecule has 0 aliphatic heterocycles. The van der Waals surface area contributed by atoms with Crippen LogP contribution in [-0.2, 0) is 25.5 Å². The number of hydrogen-bond acceptors (Lipinski definition) is 5. The van der Waals surface area contributed by atoms with Crippen molar-refractivity contribution in [1.29, 1.82) is 0 Å². The van der Waals surface area contributed by atoms with Crippen molar-refractivity contribution in [3.63, 3.8) is 0 Å². The van der Waals surface area contributed by atoms with E-state index in [4.69, 9.17) is 11.5 Å². The molecule has 0 spiro atoms. The Morgan fingerprint density at radius 1 is 1.16 bits per heavy atom. The van der Waals surface area contributed by atoms with Gasteiger partial charge in [0, 0.05) is 6.42 Å². The number of hydrogen-bond donors (Lipinski definition) is 2. The van der Waals surface area contributed by atoms with Crippen LogP contribution in [0.3, 0.4) is 0 Å². The number of carbonyl (C=O) groups is 3. The third kappa shape index (κ3) is 5.78. The summed E-state index contributed by atoms with van der Waals surface area (Å²) >= 11 is 0. The fourth-order valence-electron chi connectivity index (χ4n) is 1.40. The summed E-state index contributed by atoms with van der Waals surface area (Å²) in [5.74, 6) is -2.08. The van der Waals surface area contributed by atoms with Crippen molar-refractivity contribution in [2.45, 2.75) is 25.3 Å². The van der Waals surface area contributed by atoms with Crippen LogP contribution in [0.2, 0.25) is 0 Å². The standard InChI is InChI=1S/C13H16N2O4/c14-10(6-7-11(15)16)13(18)19-12(17)8-9-4-2-1-3-5-9/h1-5,10H,6-8,14H2,(H2,15,16). The minimum Gasteiger partial charge on any atom is -0.392 e. The number of amides is 1. The lowest BCUT2D eigenvalue weighted by Crippen LogP contribution is -2.35. The first-order chi connectivity index (χ1) is 8.99. The predicted octanol–water partition coefficient (Wildman–Crippen LogP) is -0.108. The molecular weight excluding hydrogens is 248 g/mol. The molecule has 0 saturated heterocycles. The molecule has 6 heteroatoms. The lowest BCUT2D eigenvalue weighted by molar-refractivity contribution is -0.160. The highest BCUT2D eigenvalue weighted by Crippen LogP contribution is 2.03. The molecular formula is C13H16N2O4. The van der Waals surface area contributed by atoms with E-state index in [2.05, 4.69) is 4.74 Å². The molecule has 1 amide bonds. The van der Waals surface area contributed by atoms with Crippen LogP contribution in [0.15, 0.2) is 30.3 Å². The summed E-state index contributed by atoms with van der Waals surface area (Å²) in [6.45, 7) is 0. The molecule has 0 bridgehead atoms. The number of esters is 2. The van der Waals surface area contributed by atoms with E-state index in [0.717, 1.165) is 5.56 Å². The maximum Gasteiger partial charge on any atom is 0.330 e. The van der Waals surface area contributed by atoms with Crippen molar-refractivity contribution < 1.29 is 19.1 Å². The third-order valence-corrected chi connectivity index (χ3v) is 2.41. The van der Waals surface area contributed by atoms with E-state index in [1.165, 1.54) is 0 Å². The highest BCUT2D eigenvalue weighted by molar-refractivity contribution is 5.89. The molecule has 1 aromatic rings. The van der Waals surface area contributed by atoms with E-state index >= 15 is 0 Å². The highest BCUT2D eigenvalue weighted by Gasteiger charge is 2.19. The summed E-state index contributed by atoms with van der Waals surface area (Å²) in [4.78, 5) is 33.4. The van der Waals surface area contributed by atoms with Gasteiger partial charge in [-0.05, 0) is 12.0 Å². The van der Waals surface area contributed by atoms with Crippen molar-refractivity contribution >= 4 is 17.8 Å². The average Bonchev–Trinajstić information content (AvgIpc) is 2.36. The van der Waals surface area contributed by atoms with E-state index < -0.39 is 23.9 Å². The fraction of sp³-hybridized carbons (Fsp3) is 0.308. The van der Waals surface area contributed by atoms with Gasteiger partial charge in [-0.2, -0.15) is 0 Å². The molecule has 0 aliphatic rings. The highest BCUT2D eigenvalue weighted by atomic mass is 16.6. The summed E-state index contributed by atoms with van der Waals surface area (Å²) in [7, 11) is 0. The van der Waals surface area contributed by atoms with Gasteiger partial charge in [0.25, 0.3) is 0 Å². The number of nitrogens with two attached hydrogens (primary N) is 2. The number of carbonyl (C=O) groups excluding carboxylic acids is 3. The van der Waals surface area contributed by atoms with Crippen LogP contribution in [0.5, 0.6) is 0 Å². The van der Waals surface area contributed by atoms with Crippen LogP contribution >= 0.6 is 0 Å². The van der Waals surface area contributed by atoms with Crippen LogP contribution in [0.25, 0.3) is 0 Å². The zero-order valence-electron chi connectivity index (χ0n) is 10.4. The molecule has 0 aromatic heterocycles. The minimum absolute atomic E-state index is 0.00484. The Balaban J connectivity index is 2.39. The van der Waals surface area contributed by atoms with Crippen LogP contribution in [0.1, 0.15) is 18.4 Å². The van der Waals surface area contributed by atoms with Gasteiger partial charge in [-0.3, -0.25) is 9.59 Å². The zero-order valence-corrected chi connectivity index (χ0v) is 10.4. The lowest BCUT2D eigenvalue weighted by atomic mass is 10.1. The molecule has 1 unspecified atom stereocenters. The molecule has 102 valence electrons. The quantitative estimate of drug-likeness (QED) is 0.550. The molecule has 4 N–H and O–H groups in total. The second-order valence-corrected chi connectivity index (χ2v) is 4.07. The van der Waals surface area contributed by atoms with Crippen LogP contribution in [0.4, 0.5) is 0 Å². The van der Waals surface area contributed by atoms with Gasteiger partial charge in [-0.25, -0.2) is 4.79 Å². The first kappa shape index (κ1) is 14.8. The van der Waals surface area contributed by atoms with Gasteiger partial charge in [0.2, 0.25) is 5.91 Å². The van der Waals surface area contributed by atoms with Crippen molar-refractivity contribution in [3.05, 3.63) is 35.9 Å². The van der Waals surface area contributed by atoms with Crippen molar-refractivity contribution in [1.82, 2.24) is 0 Å². The van der Waals surface area contributed by atoms with Gasteiger partial charge in [0.1, 0.15) is 6.04 Å². The van der Waals surface area contributed by atoms with Gasteiger partial charge in [-0.1, -0.05) is 30.3 Å². The largest absolute Gasteiger partial charge is 0.392 e. The number of benzene rings is 1. The Morgan fingerprint density at radius 2 is 1.79 bits per heavy atom. The van der Waals surface area contributed by atoms with Gasteiger partial charge in [0.05, 0.1) is 6.42 Å². The summed E-state index contributed by atoms with van der Waals surface area (Å²) < 4.78 is 4.59. The maximum absolute atomic E-state index is 11.5. The molecule has 1 rings (SSSR count). The number of primary amides is 1. The van der Waals surface area contributed by atoms with E-state index in [9.17, 15) is 14.4 Å². The maximum atomic E-state index is 11.5. The molecule has 1 aromatic carbocycles. The summed E-state index contributed by atoms with van der Waals surface area (Å²) in [5, 5.41) is 0. The first-order valence-corrected chi connectivity index (χ1v) is 5.81. The monoisotopic (exact) mass is 264 g/mol. The second-order valence-electron chi connectivity index (χ2n) is 4.07. The van der Waals surface area contributed by atoms with Gasteiger partial charge in [0.15, 0.2) is 0 Å². The Morgan fingerprint density at radius 3 is 2.37 bits per heavy atom. The SMILES string of the molecule is NC(=O)CCC(N)C(=O)OC(=O)Cc1ccccc1. The lowest BCUT2D eigenvalue weighted by Gasteiger charge is -2.09. The Bertz CT molecular complexity index is 459.